The van der Waals surface area contributed by atoms with E-state index in [9.17, 15) is 14.9 Å². The number of rotatable bonds is 4. The second-order valence-electron chi connectivity index (χ2n) is 4.93. The zero-order valence-electron chi connectivity index (χ0n) is 12.1. The van der Waals surface area contributed by atoms with E-state index in [1.54, 1.807) is 0 Å². The molecule has 0 bridgehead atoms. The normalized spacial score (nSPS) is 10.3. The van der Waals surface area contributed by atoms with Crippen molar-refractivity contribution < 1.29 is 14.5 Å². The number of carbonyl (C=O) groups excluding carboxylic acids is 1. The maximum atomic E-state index is 12.0. The van der Waals surface area contributed by atoms with Gasteiger partial charge in [-0.1, -0.05) is 35.4 Å². The fourth-order valence-corrected chi connectivity index (χ4v) is 2.15. The van der Waals surface area contributed by atoms with Crippen LogP contribution in [0, 0.1) is 24.0 Å². The van der Waals surface area contributed by atoms with E-state index >= 15 is 0 Å². The van der Waals surface area contributed by atoms with Gasteiger partial charge in [-0.05, 0) is 37.1 Å². The van der Waals surface area contributed by atoms with Gasteiger partial charge in [-0.3, -0.25) is 10.1 Å². The molecule has 0 aromatic heterocycles. The molecular weight excluding hydrogens is 306 g/mol. The minimum atomic E-state index is -0.635. The number of hydrogen-bond donors (Lipinski definition) is 0. The molecule has 0 saturated carbocycles. The molecule has 2 aromatic carbocycles. The molecule has 0 heterocycles. The zero-order chi connectivity index (χ0) is 16.3. The Morgan fingerprint density at radius 1 is 1.23 bits per heavy atom. The molecule has 0 amide bonds. The van der Waals surface area contributed by atoms with Crippen molar-refractivity contribution in [2.45, 2.75) is 20.5 Å². The summed E-state index contributed by atoms with van der Waals surface area (Å²) in [5.41, 5.74) is 2.76. The van der Waals surface area contributed by atoms with Crippen LogP contribution in [0.3, 0.4) is 0 Å². The Labute approximate surface area is 132 Å². The first-order valence-corrected chi connectivity index (χ1v) is 6.93. The molecule has 0 aliphatic carbocycles. The molecule has 2 rings (SSSR count). The van der Waals surface area contributed by atoms with Crippen LogP contribution in [-0.4, -0.2) is 10.9 Å². The first kappa shape index (κ1) is 16.0. The summed E-state index contributed by atoms with van der Waals surface area (Å²) >= 11 is 5.71. The van der Waals surface area contributed by atoms with Crippen LogP contribution in [0.4, 0.5) is 5.69 Å². The minimum Gasteiger partial charge on any atom is -0.457 e. The SMILES string of the molecule is Cc1ccc(C)c(COC(=O)c2ccc(Cl)c([N+](=O)[O-])c2)c1. The average molecular weight is 320 g/mol. The van der Waals surface area contributed by atoms with Crippen molar-refractivity contribution in [2.24, 2.45) is 0 Å². The second kappa shape index (κ2) is 6.58. The summed E-state index contributed by atoms with van der Waals surface area (Å²) in [4.78, 5) is 22.2. The molecule has 22 heavy (non-hydrogen) atoms. The Bertz CT molecular complexity index is 743. The smallest absolute Gasteiger partial charge is 0.338 e. The lowest BCUT2D eigenvalue weighted by Gasteiger charge is -2.09. The van der Waals surface area contributed by atoms with Crippen molar-refractivity contribution in [1.82, 2.24) is 0 Å². The molecule has 0 saturated heterocycles. The van der Waals surface area contributed by atoms with Crippen molar-refractivity contribution >= 4 is 23.3 Å². The van der Waals surface area contributed by atoms with Crippen molar-refractivity contribution in [2.75, 3.05) is 0 Å². The van der Waals surface area contributed by atoms with Gasteiger partial charge in [-0.15, -0.1) is 0 Å². The topological polar surface area (TPSA) is 69.4 Å². The van der Waals surface area contributed by atoms with Crippen LogP contribution in [0.5, 0.6) is 0 Å². The van der Waals surface area contributed by atoms with Gasteiger partial charge >= 0.3 is 5.97 Å². The summed E-state index contributed by atoms with van der Waals surface area (Å²) in [5.74, 6) is -0.624. The lowest BCUT2D eigenvalue weighted by molar-refractivity contribution is -0.384. The van der Waals surface area contributed by atoms with Gasteiger partial charge in [-0.25, -0.2) is 4.79 Å². The van der Waals surface area contributed by atoms with E-state index in [1.807, 2.05) is 32.0 Å². The molecule has 0 N–H and O–H groups in total. The summed E-state index contributed by atoms with van der Waals surface area (Å²) in [7, 11) is 0. The van der Waals surface area contributed by atoms with E-state index in [-0.39, 0.29) is 22.9 Å². The van der Waals surface area contributed by atoms with Crippen molar-refractivity contribution in [3.05, 3.63) is 73.8 Å². The summed E-state index contributed by atoms with van der Waals surface area (Å²) in [6.45, 7) is 3.99. The molecular formula is C16H14ClNO4. The van der Waals surface area contributed by atoms with Crippen LogP contribution in [0.2, 0.25) is 5.02 Å². The fourth-order valence-electron chi connectivity index (χ4n) is 1.96. The lowest BCUT2D eigenvalue weighted by atomic mass is 10.1. The number of nitro benzene ring substituents is 1. The number of nitrogens with zero attached hydrogens (tertiary/aromatic N) is 1. The molecule has 0 unspecified atom stereocenters. The lowest BCUT2D eigenvalue weighted by Crippen LogP contribution is -2.07. The molecule has 0 aliphatic rings. The average Bonchev–Trinajstić information content (AvgIpc) is 2.48. The highest BCUT2D eigenvalue weighted by Crippen LogP contribution is 2.25. The first-order valence-electron chi connectivity index (χ1n) is 6.55. The van der Waals surface area contributed by atoms with Gasteiger partial charge in [0.2, 0.25) is 0 Å². The Morgan fingerprint density at radius 2 is 1.95 bits per heavy atom. The number of ether oxygens (including phenoxy) is 1. The standard InChI is InChI=1S/C16H14ClNO4/c1-10-3-4-11(2)13(7-10)9-22-16(19)12-5-6-14(17)15(8-12)18(20)21/h3-8H,9H2,1-2H3. The predicted molar refractivity (Wildman–Crippen MR) is 83.1 cm³/mol. The van der Waals surface area contributed by atoms with Crippen molar-refractivity contribution in [3.8, 4) is 0 Å². The van der Waals surface area contributed by atoms with Crippen LogP contribution in [0.1, 0.15) is 27.0 Å². The van der Waals surface area contributed by atoms with Crippen molar-refractivity contribution in [3.63, 3.8) is 0 Å². The number of aryl methyl sites for hydroxylation is 2. The Morgan fingerprint density at radius 3 is 2.64 bits per heavy atom. The van der Waals surface area contributed by atoms with E-state index in [4.69, 9.17) is 16.3 Å². The van der Waals surface area contributed by atoms with E-state index in [0.717, 1.165) is 22.8 Å². The van der Waals surface area contributed by atoms with Gasteiger partial charge < -0.3 is 4.74 Å². The second-order valence-corrected chi connectivity index (χ2v) is 5.34. The quantitative estimate of drug-likeness (QED) is 0.480. The number of benzene rings is 2. The first-order chi connectivity index (χ1) is 10.4. The Hall–Kier alpha value is -2.40. The maximum absolute atomic E-state index is 12.0. The highest BCUT2D eigenvalue weighted by Gasteiger charge is 2.17. The number of nitro groups is 1. The third kappa shape index (κ3) is 3.62. The van der Waals surface area contributed by atoms with Gasteiger partial charge in [0, 0.05) is 6.07 Å². The van der Waals surface area contributed by atoms with Gasteiger partial charge in [0.1, 0.15) is 11.6 Å². The molecule has 2 aromatic rings. The molecule has 0 radical (unpaired) electrons. The van der Waals surface area contributed by atoms with Crippen LogP contribution in [0.25, 0.3) is 0 Å². The summed E-state index contributed by atoms with van der Waals surface area (Å²) in [6.07, 6.45) is 0. The molecule has 6 heteroatoms. The largest absolute Gasteiger partial charge is 0.457 e. The summed E-state index contributed by atoms with van der Waals surface area (Å²) in [5, 5.41) is 10.8. The number of esters is 1. The van der Waals surface area contributed by atoms with E-state index in [1.165, 1.54) is 12.1 Å². The molecule has 0 aliphatic heterocycles. The predicted octanol–water partition coefficient (Wildman–Crippen LogP) is 4.22. The van der Waals surface area contributed by atoms with Crippen LogP contribution in [-0.2, 0) is 11.3 Å². The molecule has 0 atom stereocenters. The number of halogens is 1. The van der Waals surface area contributed by atoms with Gasteiger partial charge in [-0.2, -0.15) is 0 Å². The third-order valence-electron chi connectivity index (χ3n) is 3.24. The molecule has 5 nitrogen and oxygen atoms in total. The molecule has 114 valence electrons. The minimum absolute atomic E-state index is 0.0175. The fraction of sp³-hybridized carbons (Fsp3) is 0.188. The maximum Gasteiger partial charge on any atom is 0.338 e. The summed E-state index contributed by atoms with van der Waals surface area (Å²) < 4.78 is 5.22. The van der Waals surface area contributed by atoms with Crippen LogP contribution in [0.15, 0.2) is 36.4 Å². The number of carbonyl (C=O) groups is 1. The van der Waals surface area contributed by atoms with Gasteiger partial charge in [0.05, 0.1) is 10.5 Å². The van der Waals surface area contributed by atoms with Crippen LogP contribution >= 0.6 is 11.6 Å². The monoisotopic (exact) mass is 319 g/mol. The Kier molecular flexibility index (Phi) is 4.78. The molecule has 0 fully saturated rings. The Balaban J connectivity index is 2.14. The van der Waals surface area contributed by atoms with Crippen molar-refractivity contribution in [1.29, 1.82) is 0 Å². The van der Waals surface area contributed by atoms with E-state index in [2.05, 4.69) is 0 Å². The van der Waals surface area contributed by atoms with E-state index in [0.29, 0.717) is 0 Å². The van der Waals surface area contributed by atoms with Crippen LogP contribution < -0.4 is 0 Å². The third-order valence-corrected chi connectivity index (χ3v) is 3.56. The summed E-state index contributed by atoms with van der Waals surface area (Å²) in [6, 6.07) is 9.70. The van der Waals surface area contributed by atoms with E-state index < -0.39 is 10.9 Å². The zero-order valence-corrected chi connectivity index (χ0v) is 12.9. The highest BCUT2D eigenvalue weighted by atomic mass is 35.5. The van der Waals surface area contributed by atoms with Gasteiger partial charge in [0.15, 0.2) is 0 Å². The highest BCUT2D eigenvalue weighted by molar-refractivity contribution is 6.32. The van der Waals surface area contributed by atoms with Gasteiger partial charge in [0.25, 0.3) is 5.69 Å². The molecule has 0 spiro atoms. The number of hydrogen-bond acceptors (Lipinski definition) is 4.